The minimum atomic E-state index is 0.241. The summed E-state index contributed by atoms with van der Waals surface area (Å²) in [5.74, 6) is 0. The van der Waals surface area contributed by atoms with E-state index in [0.29, 0.717) is 9.65 Å². The van der Waals surface area contributed by atoms with Crippen molar-refractivity contribution in [2.75, 3.05) is 0 Å². The zero-order valence-corrected chi connectivity index (χ0v) is 9.95. The fraction of sp³-hybridized carbons (Fsp3) is 0.400. The zero-order chi connectivity index (χ0) is 9.00. The lowest BCUT2D eigenvalue weighted by atomic mass is 9.92. The van der Waals surface area contributed by atoms with Crippen LogP contribution in [0.15, 0.2) is 24.3 Å². The lowest BCUT2D eigenvalue weighted by Crippen LogP contribution is -2.21. The summed E-state index contributed by atoms with van der Waals surface area (Å²) < 4.78 is 5.87. The molecule has 0 aliphatic carbocycles. The van der Waals surface area contributed by atoms with Crippen molar-refractivity contribution in [2.24, 2.45) is 0 Å². The third-order valence-corrected chi connectivity index (χ3v) is 5.59. The first-order chi connectivity index (χ1) is 6.29. The Kier molecular flexibility index (Phi) is 1.83. The van der Waals surface area contributed by atoms with E-state index in [4.69, 9.17) is 4.74 Å². The summed E-state index contributed by atoms with van der Waals surface area (Å²) in [7, 11) is 0. The van der Waals surface area contributed by atoms with Gasteiger partial charge >= 0.3 is 0 Å². The Morgan fingerprint density at radius 3 is 1.85 bits per heavy atom. The number of fused-ring (bicyclic) bond motifs is 5. The van der Waals surface area contributed by atoms with Crippen LogP contribution >= 0.6 is 31.9 Å². The van der Waals surface area contributed by atoms with Crippen LogP contribution in [0.3, 0.4) is 0 Å². The largest absolute Gasteiger partial charge is 0.363 e. The maximum absolute atomic E-state index is 5.87. The molecular weight excluding hydrogens is 296 g/mol. The van der Waals surface area contributed by atoms with Gasteiger partial charge in [-0.25, -0.2) is 0 Å². The van der Waals surface area contributed by atoms with Crippen LogP contribution < -0.4 is 0 Å². The third kappa shape index (κ3) is 1.01. The summed E-state index contributed by atoms with van der Waals surface area (Å²) in [4.78, 5) is 0.819. The van der Waals surface area contributed by atoms with Crippen molar-refractivity contribution >= 4 is 31.9 Å². The van der Waals surface area contributed by atoms with E-state index in [-0.39, 0.29) is 12.2 Å². The highest BCUT2D eigenvalue weighted by Gasteiger charge is 2.49. The molecule has 68 valence electrons. The van der Waals surface area contributed by atoms with Crippen LogP contribution in [0.25, 0.3) is 0 Å². The molecule has 2 heterocycles. The highest BCUT2D eigenvalue weighted by atomic mass is 79.9. The van der Waals surface area contributed by atoms with Gasteiger partial charge in [0.25, 0.3) is 0 Å². The predicted octanol–water partition coefficient (Wildman–Crippen LogP) is 3.34. The highest BCUT2D eigenvalue weighted by Crippen LogP contribution is 2.55. The lowest BCUT2D eigenvalue weighted by Gasteiger charge is -2.20. The van der Waals surface area contributed by atoms with Crippen molar-refractivity contribution in [1.82, 2.24) is 0 Å². The highest BCUT2D eigenvalue weighted by molar-refractivity contribution is 9.12. The van der Waals surface area contributed by atoms with Crippen molar-refractivity contribution in [3.63, 3.8) is 0 Å². The van der Waals surface area contributed by atoms with E-state index in [0.717, 1.165) is 0 Å². The van der Waals surface area contributed by atoms with Gasteiger partial charge in [0.05, 0.1) is 21.9 Å². The molecule has 3 rings (SSSR count). The second kappa shape index (κ2) is 2.81. The van der Waals surface area contributed by atoms with Crippen LogP contribution in [0, 0.1) is 0 Å². The van der Waals surface area contributed by atoms with E-state index < -0.39 is 0 Å². The first kappa shape index (κ1) is 8.45. The second-order valence-corrected chi connectivity index (χ2v) is 5.61. The molecule has 0 N–H and O–H groups in total. The molecule has 1 saturated heterocycles. The summed E-state index contributed by atoms with van der Waals surface area (Å²) in [6, 6.07) is 8.47. The number of halogens is 2. The molecule has 0 amide bonds. The fourth-order valence-corrected chi connectivity index (χ4v) is 3.53. The summed E-state index contributed by atoms with van der Waals surface area (Å²) in [5, 5.41) is 0. The quantitative estimate of drug-likeness (QED) is 0.668. The van der Waals surface area contributed by atoms with E-state index in [9.17, 15) is 0 Å². The van der Waals surface area contributed by atoms with Gasteiger partial charge in [0.1, 0.15) is 0 Å². The molecule has 2 aliphatic heterocycles. The molecule has 3 heteroatoms. The van der Waals surface area contributed by atoms with Gasteiger partial charge in [-0.05, 0) is 11.1 Å². The number of hydrogen-bond acceptors (Lipinski definition) is 1. The molecule has 0 radical (unpaired) electrons. The Morgan fingerprint density at radius 1 is 0.923 bits per heavy atom. The Balaban J connectivity index is 2.16. The van der Waals surface area contributed by atoms with Crippen LogP contribution in [0.2, 0.25) is 0 Å². The van der Waals surface area contributed by atoms with Gasteiger partial charge < -0.3 is 4.74 Å². The number of rotatable bonds is 0. The third-order valence-electron chi connectivity index (χ3n) is 2.78. The summed E-state index contributed by atoms with van der Waals surface area (Å²) in [6.07, 6.45) is 0.483. The standard InChI is InChI=1S/C10H8Br2O/c11-7-8(12)10-6-4-2-1-3-5(6)9(7)13-10/h1-4,7-10H/t7-,8-,9-,10+/m0/s1. The van der Waals surface area contributed by atoms with Gasteiger partial charge in [-0.1, -0.05) is 56.1 Å². The summed E-state index contributed by atoms with van der Waals surface area (Å²) in [5.41, 5.74) is 2.70. The SMILES string of the molecule is Br[C@H]1[C@H](Br)[C@H]2O[C@@H]1c1ccccc12. The first-order valence-corrected chi connectivity index (χ1v) is 6.14. The molecule has 0 spiro atoms. The molecule has 1 nitrogen and oxygen atoms in total. The van der Waals surface area contributed by atoms with Crippen molar-refractivity contribution in [1.29, 1.82) is 0 Å². The lowest BCUT2D eigenvalue weighted by molar-refractivity contribution is 0.0747. The Labute approximate surface area is 93.7 Å². The maximum atomic E-state index is 5.87. The number of hydrogen-bond donors (Lipinski definition) is 0. The van der Waals surface area contributed by atoms with Crippen LogP contribution in [-0.4, -0.2) is 9.65 Å². The minimum absolute atomic E-state index is 0.241. The molecule has 0 aromatic heterocycles. The van der Waals surface area contributed by atoms with Gasteiger partial charge in [0, 0.05) is 0 Å². The Bertz CT molecular complexity index is 320. The maximum Gasteiger partial charge on any atom is 0.0974 e. The van der Waals surface area contributed by atoms with Gasteiger partial charge in [0.2, 0.25) is 0 Å². The molecule has 2 aliphatic rings. The van der Waals surface area contributed by atoms with Gasteiger partial charge in [0.15, 0.2) is 0 Å². The van der Waals surface area contributed by atoms with Crippen LogP contribution in [-0.2, 0) is 4.74 Å². The number of alkyl halides is 2. The molecule has 0 unspecified atom stereocenters. The van der Waals surface area contributed by atoms with Crippen molar-refractivity contribution in [3.05, 3.63) is 35.4 Å². The van der Waals surface area contributed by atoms with E-state index >= 15 is 0 Å². The molecule has 1 aromatic carbocycles. The monoisotopic (exact) mass is 302 g/mol. The number of benzene rings is 1. The van der Waals surface area contributed by atoms with Crippen LogP contribution in [0.1, 0.15) is 23.3 Å². The van der Waals surface area contributed by atoms with E-state index in [1.165, 1.54) is 11.1 Å². The molecule has 1 fully saturated rings. The van der Waals surface area contributed by atoms with E-state index in [1.54, 1.807) is 0 Å². The molecule has 2 bridgehead atoms. The molecule has 0 saturated carbocycles. The topological polar surface area (TPSA) is 9.23 Å². The normalized spacial score (nSPS) is 40.8. The van der Waals surface area contributed by atoms with Gasteiger partial charge in [-0.2, -0.15) is 0 Å². The van der Waals surface area contributed by atoms with Crippen LogP contribution in [0.4, 0.5) is 0 Å². The minimum Gasteiger partial charge on any atom is -0.363 e. The van der Waals surface area contributed by atoms with E-state index in [2.05, 4.69) is 56.1 Å². The first-order valence-electron chi connectivity index (χ1n) is 4.31. The smallest absolute Gasteiger partial charge is 0.0974 e. The Hall–Kier alpha value is 0.140. The average molecular weight is 304 g/mol. The molecule has 4 atom stereocenters. The van der Waals surface area contributed by atoms with E-state index in [1.807, 2.05) is 0 Å². The summed E-state index contributed by atoms with van der Waals surface area (Å²) >= 11 is 7.32. The molecule has 13 heavy (non-hydrogen) atoms. The predicted molar refractivity (Wildman–Crippen MR) is 58.4 cm³/mol. The van der Waals surface area contributed by atoms with Crippen molar-refractivity contribution < 1.29 is 4.74 Å². The van der Waals surface area contributed by atoms with Gasteiger partial charge in [-0.15, -0.1) is 0 Å². The Morgan fingerprint density at radius 2 is 1.38 bits per heavy atom. The van der Waals surface area contributed by atoms with Crippen LogP contribution in [0.5, 0.6) is 0 Å². The number of ether oxygens (including phenoxy) is 1. The van der Waals surface area contributed by atoms with Crippen molar-refractivity contribution in [2.45, 2.75) is 21.9 Å². The van der Waals surface area contributed by atoms with Gasteiger partial charge in [-0.3, -0.25) is 0 Å². The molecular formula is C10H8Br2O. The fourth-order valence-electron chi connectivity index (χ4n) is 2.16. The second-order valence-electron chi connectivity index (χ2n) is 3.50. The van der Waals surface area contributed by atoms with Crippen molar-refractivity contribution in [3.8, 4) is 0 Å². The summed E-state index contributed by atoms with van der Waals surface area (Å²) in [6.45, 7) is 0. The average Bonchev–Trinajstić information content (AvgIpc) is 2.66. The molecule has 1 aromatic rings. The zero-order valence-electron chi connectivity index (χ0n) is 6.78.